The molecule has 0 saturated carbocycles. The number of hydrogen-bond donors (Lipinski definition) is 1. The number of non-ortho nitro benzene ring substituents is 1. The molecule has 174 valence electrons. The van der Waals surface area contributed by atoms with Gasteiger partial charge < -0.3 is 14.5 Å². The first-order valence-corrected chi connectivity index (χ1v) is 10.4. The summed E-state index contributed by atoms with van der Waals surface area (Å²) in [5.41, 5.74) is 1.12. The van der Waals surface area contributed by atoms with E-state index in [9.17, 15) is 19.7 Å². The molecule has 34 heavy (non-hydrogen) atoms. The molecule has 1 unspecified atom stereocenters. The number of aromatic nitrogens is 3. The van der Waals surface area contributed by atoms with Crippen molar-refractivity contribution in [3.63, 3.8) is 0 Å². The van der Waals surface area contributed by atoms with Crippen molar-refractivity contribution in [2.45, 2.75) is 32.9 Å². The first kappa shape index (κ1) is 22.6. The van der Waals surface area contributed by atoms with Gasteiger partial charge in [0.15, 0.2) is 17.5 Å². The number of nitro groups is 1. The van der Waals surface area contributed by atoms with Crippen LogP contribution in [0.15, 0.2) is 59.3 Å². The molecule has 4 aromatic rings. The predicted molar refractivity (Wildman–Crippen MR) is 122 cm³/mol. The Balaban J connectivity index is 1.60. The van der Waals surface area contributed by atoms with E-state index in [0.717, 1.165) is 0 Å². The second kappa shape index (κ2) is 9.14. The number of carbonyl (C=O) groups is 2. The fourth-order valence-electron chi connectivity index (χ4n) is 3.33. The lowest BCUT2D eigenvalue weighted by Crippen LogP contribution is -2.30. The van der Waals surface area contributed by atoms with Gasteiger partial charge in [0.25, 0.3) is 11.6 Å². The molecule has 0 bridgehead atoms. The molecule has 11 nitrogen and oxygen atoms in total. The van der Waals surface area contributed by atoms with Gasteiger partial charge in [0, 0.05) is 23.9 Å². The Labute approximate surface area is 193 Å². The lowest BCUT2D eigenvalue weighted by molar-refractivity contribution is -0.384. The summed E-state index contributed by atoms with van der Waals surface area (Å²) in [6.45, 7) is 5.28. The molecule has 4 rings (SSSR count). The molecule has 11 heteroatoms. The molecule has 1 amide bonds. The Morgan fingerprint density at radius 1 is 1.18 bits per heavy atom. The number of ether oxygens (including phenoxy) is 1. The predicted octanol–water partition coefficient (Wildman–Crippen LogP) is 4.36. The van der Waals surface area contributed by atoms with Crippen LogP contribution in [0.25, 0.3) is 22.5 Å². The number of benzene rings is 1. The Morgan fingerprint density at radius 3 is 2.65 bits per heavy atom. The number of esters is 1. The summed E-state index contributed by atoms with van der Waals surface area (Å²) in [4.78, 5) is 40.6. The lowest BCUT2D eigenvalue weighted by atomic mass is 10.1. The van der Waals surface area contributed by atoms with Gasteiger partial charge in [0.2, 0.25) is 0 Å². The van der Waals surface area contributed by atoms with E-state index in [1.807, 2.05) is 13.8 Å². The van der Waals surface area contributed by atoms with Crippen molar-refractivity contribution < 1.29 is 23.7 Å². The summed E-state index contributed by atoms with van der Waals surface area (Å²) < 4.78 is 12.5. The van der Waals surface area contributed by atoms with Crippen molar-refractivity contribution in [2.24, 2.45) is 0 Å². The van der Waals surface area contributed by atoms with Crippen LogP contribution in [0.5, 0.6) is 0 Å². The summed E-state index contributed by atoms with van der Waals surface area (Å²) in [7, 11) is 0. The van der Waals surface area contributed by atoms with Crippen molar-refractivity contribution >= 4 is 34.3 Å². The Kier molecular flexibility index (Phi) is 6.09. The number of nitro benzene ring substituents is 1. The molecule has 0 aliphatic carbocycles. The minimum Gasteiger partial charge on any atom is -0.463 e. The third-order valence-corrected chi connectivity index (χ3v) is 5.03. The molecule has 0 aliphatic heterocycles. The third kappa shape index (κ3) is 4.49. The zero-order valence-electron chi connectivity index (χ0n) is 18.6. The van der Waals surface area contributed by atoms with Crippen LogP contribution >= 0.6 is 0 Å². The average molecular weight is 463 g/mol. The van der Waals surface area contributed by atoms with Crippen molar-refractivity contribution in [1.82, 2.24) is 14.8 Å². The molecule has 1 N–H and O–H groups in total. The first-order chi connectivity index (χ1) is 16.2. The number of fused-ring (bicyclic) bond motifs is 1. The number of rotatable bonds is 7. The number of nitrogens with one attached hydrogen (secondary N) is 1. The molecule has 0 aliphatic rings. The van der Waals surface area contributed by atoms with E-state index in [-0.39, 0.29) is 23.0 Å². The van der Waals surface area contributed by atoms with Crippen molar-refractivity contribution in [3.8, 4) is 11.5 Å². The van der Waals surface area contributed by atoms with Crippen LogP contribution in [0.4, 0.5) is 11.4 Å². The van der Waals surface area contributed by atoms with E-state index < -0.39 is 22.9 Å². The summed E-state index contributed by atoms with van der Waals surface area (Å²) >= 11 is 0. The summed E-state index contributed by atoms with van der Waals surface area (Å²) in [5.74, 6) is -0.919. The second-order valence-electron chi connectivity index (χ2n) is 7.80. The zero-order chi connectivity index (χ0) is 24.4. The maximum atomic E-state index is 13.1. The van der Waals surface area contributed by atoms with Crippen LogP contribution in [0, 0.1) is 10.1 Å². The molecule has 0 fully saturated rings. The second-order valence-corrected chi connectivity index (χ2v) is 7.80. The SMILES string of the molecule is CC(OC(=O)c1cc(-c2ccco2)nc2c1cnn2C(C)C)C(=O)Nc1cccc([N+](=O)[O-])c1. The highest BCUT2D eigenvalue weighted by Gasteiger charge is 2.24. The van der Waals surface area contributed by atoms with Gasteiger partial charge in [-0.1, -0.05) is 6.07 Å². The van der Waals surface area contributed by atoms with Gasteiger partial charge in [0.05, 0.1) is 28.3 Å². The molecule has 1 atom stereocenters. The average Bonchev–Trinajstić information content (AvgIpc) is 3.48. The number of furan rings is 1. The summed E-state index contributed by atoms with van der Waals surface area (Å²) in [6.07, 6.45) is 1.85. The lowest BCUT2D eigenvalue weighted by Gasteiger charge is -2.14. The minimum atomic E-state index is -1.18. The van der Waals surface area contributed by atoms with Crippen molar-refractivity contribution in [2.75, 3.05) is 5.32 Å². The smallest absolute Gasteiger partial charge is 0.339 e. The Morgan fingerprint density at radius 2 is 1.97 bits per heavy atom. The number of amides is 1. The van der Waals surface area contributed by atoms with Crippen LogP contribution in [-0.2, 0) is 9.53 Å². The highest BCUT2D eigenvalue weighted by atomic mass is 16.6. The zero-order valence-corrected chi connectivity index (χ0v) is 18.6. The standard InChI is InChI=1S/C23H21N5O6/c1-13(2)27-21-18(12-24-27)17(11-19(26-21)20-8-5-9-33-20)23(30)34-14(3)22(29)25-15-6-4-7-16(10-15)28(31)32/h4-14H,1-3H3,(H,25,29). The molecule has 3 aromatic heterocycles. The van der Waals surface area contributed by atoms with Gasteiger partial charge in [-0.3, -0.25) is 14.9 Å². The quantitative estimate of drug-likeness (QED) is 0.242. The number of carbonyl (C=O) groups excluding carboxylic acids is 2. The fraction of sp³-hybridized carbons (Fsp3) is 0.217. The van der Waals surface area contributed by atoms with E-state index in [1.165, 1.54) is 49.7 Å². The van der Waals surface area contributed by atoms with E-state index in [1.54, 1.807) is 16.8 Å². The van der Waals surface area contributed by atoms with E-state index in [2.05, 4.69) is 15.4 Å². The molecule has 3 heterocycles. The van der Waals surface area contributed by atoms with E-state index in [0.29, 0.717) is 22.5 Å². The number of nitrogens with zero attached hydrogens (tertiary/aromatic N) is 4. The van der Waals surface area contributed by atoms with Crippen LogP contribution in [0.2, 0.25) is 0 Å². The van der Waals surface area contributed by atoms with Crippen molar-refractivity contribution in [3.05, 3.63) is 70.6 Å². The largest absolute Gasteiger partial charge is 0.463 e. The number of anilines is 1. The van der Waals surface area contributed by atoms with Crippen LogP contribution in [-0.4, -0.2) is 37.7 Å². The third-order valence-electron chi connectivity index (χ3n) is 5.03. The monoisotopic (exact) mass is 463 g/mol. The molecule has 1 aromatic carbocycles. The van der Waals surface area contributed by atoms with Crippen LogP contribution in [0.1, 0.15) is 37.2 Å². The van der Waals surface area contributed by atoms with Gasteiger partial charge in [-0.2, -0.15) is 5.10 Å². The highest BCUT2D eigenvalue weighted by Crippen LogP contribution is 2.27. The van der Waals surface area contributed by atoms with Gasteiger partial charge in [0.1, 0.15) is 5.69 Å². The molecule has 0 spiro atoms. The molecule has 0 radical (unpaired) electrons. The Bertz CT molecular complexity index is 1380. The maximum Gasteiger partial charge on any atom is 0.339 e. The Hall–Kier alpha value is -4.54. The minimum absolute atomic E-state index is 0.0136. The summed E-state index contributed by atoms with van der Waals surface area (Å²) in [5, 5.41) is 18.3. The number of pyridine rings is 1. The molecular weight excluding hydrogens is 442 g/mol. The van der Waals surface area contributed by atoms with E-state index in [4.69, 9.17) is 9.15 Å². The van der Waals surface area contributed by atoms with Gasteiger partial charge in [-0.25, -0.2) is 14.5 Å². The molecular formula is C23H21N5O6. The maximum absolute atomic E-state index is 13.1. The normalized spacial score (nSPS) is 12.0. The van der Waals surface area contributed by atoms with E-state index >= 15 is 0 Å². The van der Waals surface area contributed by atoms with Gasteiger partial charge in [-0.05, 0) is 45.0 Å². The van der Waals surface area contributed by atoms with Crippen molar-refractivity contribution in [1.29, 1.82) is 0 Å². The highest BCUT2D eigenvalue weighted by molar-refractivity contribution is 6.05. The fourth-order valence-corrected chi connectivity index (χ4v) is 3.33. The molecule has 0 saturated heterocycles. The first-order valence-electron chi connectivity index (χ1n) is 10.4. The summed E-state index contributed by atoms with van der Waals surface area (Å²) in [6, 6.07) is 10.4. The number of hydrogen-bond acceptors (Lipinski definition) is 8. The topological polar surface area (TPSA) is 142 Å². The van der Waals surface area contributed by atoms with Crippen LogP contribution < -0.4 is 5.32 Å². The van der Waals surface area contributed by atoms with Gasteiger partial charge in [-0.15, -0.1) is 0 Å². The van der Waals surface area contributed by atoms with Gasteiger partial charge >= 0.3 is 5.97 Å². The van der Waals surface area contributed by atoms with Crippen LogP contribution in [0.3, 0.4) is 0 Å².